The Kier molecular flexibility index (Phi) is 5.66. The van der Waals surface area contributed by atoms with E-state index in [1.54, 1.807) is 18.0 Å². The maximum atomic E-state index is 12.0. The fraction of sp³-hybridized carbons (Fsp3) is 0.133. The van der Waals surface area contributed by atoms with Gasteiger partial charge in [-0.2, -0.15) is 0 Å². The van der Waals surface area contributed by atoms with Crippen molar-refractivity contribution in [2.45, 2.75) is 5.75 Å². The number of carbonyl (C=O) groups excluding carboxylic acids is 1. The van der Waals surface area contributed by atoms with Gasteiger partial charge in [0, 0.05) is 23.5 Å². The van der Waals surface area contributed by atoms with Gasteiger partial charge in [0.05, 0.1) is 20.7 Å². The second-order valence-electron chi connectivity index (χ2n) is 4.54. The van der Waals surface area contributed by atoms with Crippen LogP contribution < -0.4 is 5.32 Å². The van der Waals surface area contributed by atoms with Crippen molar-refractivity contribution in [1.29, 1.82) is 0 Å². The third-order valence-electron chi connectivity index (χ3n) is 2.80. The molecule has 3 aromatic rings. The fourth-order valence-corrected chi connectivity index (χ4v) is 4.37. The lowest BCUT2D eigenvalue weighted by Crippen LogP contribution is -2.13. The van der Waals surface area contributed by atoms with Gasteiger partial charge < -0.3 is 5.32 Å². The van der Waals surface area contributed by atoms with Crippen LogP contribution in [0.1, 0.15) is 5.56 Å². The van der Waals surface area contributed by atoms with Gasteiger partial charge in [-0.25, -0.2) is 4.98 Å². The van der Waals surface area contributed by atoms with Crippen LogP contribution in [-0.2, 0) is 10.5 Å². The van der Waals surface area contributed by atoms with E-state index in [-0.39, 0.29) is 5.91 Å². The van der Waals surface area contributed by atoms with Crippen molar-refractivity contribution in [3.63, 3.8) is 0 Å². The zero-order chi connectivity index (χ0) is 16.1. The van der Waals surface area contributed by atoms with Crippen molar-refractivity contribution in [3.05, 3.63) is 51.9 Å². The molecule has 0 spiro atoms. The van der Waals surface area contributed by atoms with Crippen molar-refractivity contribution < 1.29 is 4.79 Å². The molecule has 0 saturated carbocycles. The number of thiazole rings is 1. The summed E-state index contributed by atoms with van der Waals surface area (Å²) in [5.41, 5.74) is 1.95. The highest BCUT2D eigenvalue weighted by Gasteiger charge is 2.09. The van der Waals surface area contributed by atoms with Crippen LogP contribution in [0.3, 0.4) is 0 Å². The van der Waals surface area contributed by atoms with E-state index in [9.17, 15) is 4.79 Å². The number of rotatable bonds is 6. The molecule has 0 radical (unpaired) electrons. The first-order valence-corrected chi connectivity index (χ1v) is 9.91. The summed E-state index contributed by atoms with van der Waals surface area (Å²) in [5, 5.41) is 5.35. The van der Waals surface area contributed by atoms with Gasteiger partial charge in [0.1, 0.15) is 0 Å². The molecule has 118 valence electrons. The Morgan fingerprint density at radius 1 is 1.35 bits per heavy atom. The number of pyridine rings is 1. The molecule has 0 bridgehead atoms. The van der Waals surface area contributed by atoms with Gasteiger partial charge in [0.2, 0.25) is 5.91 Å². The number of nitrogens with one attached hydrogen (secondary N) is 1. The molecule has 3 aromatic heterocycles. The van der Waals surface area contributed by atoms with Gasteiger partial charge in [-0.05, 0) is 23.8 Å². The van der Waals surface area contributed by atoms with Crippen LogP contribution in [0.2, 0.25) is 4.34 Å². The maximum Gasteiger partial charge on any atom is 0.236 e. The van der Waals surface area contributed by atoms with E-state index in [2.05, 4.69) is 15.3 Å². The summed E-state index contributed by atoms with van der Waals surface area (Å²) in [6.45, 7) is 0. The van der Waals surface area contributed by atoms with Crippen LogP contribution in [0.25, 0.3) is 10.6 Å². The normalized spacial score (nSPS) is 10.7. The Labute approximate surface area is 150 Å². The minimum Gasteiger partial charge on any atom is -0.301 e. The van der Waals surface area contributed by atoms with Crippen LogP contribution in [0.15, 0.2) is 42.0 Å². The number of carbonyl (C=O) groups is 1. The van der Waals surface area contributed by atoms with E-state index in [1.165, 1.54) is 22.7 Å². The Balaban J connectivity index is 1.49. The quantitative estimate of drug-likeness (QED) is 0.666. The number of nitrogens with zero attached hydrogens (tertiary/aromatic N) is 2. The molecule has 0 fully saturated rings. The van der Waals surface area contributed by atoms with Crippen molar-refractivity contribution >= 4 is 57.1 Å². The molecule has 1 N–H and O–H groups in total. The molecule has 0 aliphatic heterocycles. The largest absolute Gasteiger partial charge is 0.301 e. The number of hydrogen-bond donors (Lipinski definition) is 1. The van der Waals surface area contributed by atoms with Crippen LogP contribution >= 0.6 is 46.0 Å². The Morgan fingerprint density at radius 3 is 3.00 bits per heavy atom. The van der Waals surface area contributed by atoms with Gasteiger partial charge in [-0.15, -0.1) is 34.4 Å². The maximum absolute atomic E-state index is 12.0. The summed E-state index contributed by atoms with van der Waals surface area (Å²) >= 11 is 10.4. The molecule has 0 aromatic carbocycles. The first-order chi connectivity index (χ1) is 11.2. The number of thioether (sulfide) groups is 1. The molecule has 23 heavy (non-hydrogen) atoms. The van der Waals surface area contributed by atoms with E-state index in [0.29, 0.717) is 10.9 Å². The highest BCUT2D eigenvalue weighted by molar-refractivity contribution is 7.99. The number of halogens is 1. The summed E-state index contributed by atoms with van der Waals surface area (Å²) < 4.78 is 0.727. The number of anilines is 1. The average molecular weight is 382 g/mol. The summed E-state index contributed by atoms with van der Waals surface area (Å²) in [4.78, 5) is 21.4. The average Bonchev–Trinajstić information content (AvgIpc) is 3.17. The number of hydrogen-bond acceptors (Lipinski definition) is 6. The topological polar surface area (TPSA) is 54.9 Å². The number of aromatic nitrogens is 2. The molecular weight excluding hydrogens is 370 g/mol. The molecule has 3 heterocycles. The molecule has 0 aliphatic carbocycles. The first-order valence-electron chi connectivity index (χ1n) is 6.68. The van der Waals surface area contributed by atoms with Gasteiger partial charge in [-0.1, -0.05) is 17.7 Å². The predicted octanol–water partition coefficient (Wildman–Crippen LogP) is 4.79. The minimum atomic E-state index is -0.0518. The van der Waals surface area contributed by atoms with E-state index in [4.69, 9.17) is 11.6 Å². The van der Waals surface area contributed by atoms with E-state index in [0.717, 1.165) is 26.2 Å². The van der Waals surface area contributed by atoms with Crippen LogP contribution in [0.5, 0.6) is 0 Å². The van der Waals surface area contributed by atoms with Crippen LogP contribution in [0, 0.1) is 0 Å². The SMILES string of the molecule is O=C(CSCc1cccnc1)Nc1nc(-c2ccc(Cl)s2)cs1. The second kappa shape index (κ2) is 7.92. The van der Waals surface area contributed by atoms with Gasteiger partial charge in [0.15, 0.2) is 5.13 Å². The lowest BCUT2D eigenvalue weighted by atomic mass is 10.3. The summed E-state index contributed by atoms with van der Waals surface area (Å²) in [7, 11) is 0. The van der Waals surface area contributed by atoms with Crippen molar-refractivity contribution in [1.82, 2.24) is 9.97 Å². The third kappa shape index (κ3) is 4.78. The van der Waals surface area contributed by atoms with Crippen LogP contribution in [-0.4, -0.2) is 21.6 Å². The smallest absolute Gasteiger partial charge is 0.236 e. The van der Waals surface area contributed by atoms with E-state index < -0.39 is 0 Å². The molecule has 0 unspecified atom stereocenters. The summed E-state index contributed by atoms with van der Waals surface area (Å²) in [5.74, 6) is 1.09. The van der Waals surface area contributed by atoms with Crippen molar-refractivity contribution in [3.8, 4) is 10.6 Å². The highest BCUT2D eigenvalue weighted by Crippen LogP contribution is 2.32. The Bertz CT molecular complexity index is 788. The molecule has 0 atom stereocenters. The highest BCUT2D eigenvalue weighted by atomic mass is 35.5. The summed E-state index contributed by atoms with van der Waals surface area (Å²) in [6, 6.07) is 7.66. The molecule has 0 aliphatic rings. The third-order valence-corrected chi connectivity index (χ3v) is 5.82. The first kappa shape index (κ1) is 16.4. The predicted molar refractivity (Wildman–Crippen MR) is 99.5 cm³/mol. The van der Waals surface area contributed by atoms with Crippen LogP contribution in [0.4, 0.5) is 5.13 Å². The number of thiophene rings is 1. The standard InChI is InChI=1S/C15H12ClN3OS3/c16-13-4-3-12(23-13)11-8-22-15(18-11)19-14(20)9-21-7-10-2-1-5-17-6-10/h1-6,8H,7,9H2,(H,18,19,20). The lowest BCUT2D eigenvalue weighted by molar-refractivity contribution is -0.113. The Hall–Kier alpha value is -1.41. The van der Waals surface area contributed by atoms with Crippen molar-refractivity contribution in [2.24, 2.45) is 0 Å². The zero-order valence-corrected chi connectivity index (χ0v) is 15.1. The summed E-state index contributed by atoms with van der Waals surface area (Å²) in [6.07, 6.45) is 3.55. The Morgan fingerprint density at radius 2 is 2.26 bits per heavy atom. The minimum absolute atomic E-state index is 0.0518. The molecular formula is C15H12ClN3OS3. The monoisotopic (exact) mass is 381 g/mol. The molecule has 3 rings (SSSR count). The fourth-order valence-electron chi connectivity index (χ4n) is 1.80. The van der Waals surface area contributed by atoms with Gasteiger partial charge in [-0.3, -0.25) is 9.78 Å². The molecule has 1 amide bonds. The molecule has 8 heteroatoms. The number of amides is 1. The van der Waals surface area contributed by atoms with Gasteiger partial charge >= 0.3 is 0 Å². The second-order valence-corrected chi connectivity index (χ2v) is 8.10. The molecule has 0 saturated heterocycles. The van der Waals surface area contributed by atoms with E-state index >= 15 is 0 Å². The van der Waals surface area contributed by atoms with Gasteiger partial charge in [0.25, 0.3) is 0 Å². The lowest BCUT2D eigenvalue weighted by Gasteiger charge is -2.02. The van der Waals surface area contributed by atoms with E-state index in [1.807, 2.05) is 35.8 Å². The van der Waals surface area contributed by atoms with Crippen molar-refractivity contribution in [2.75, 3.05) is 11.1 Å². The molecule has 4 nitrogen and oxygen atoms in total. The zero-order valence-electron chi connectivity index (χ0n) is 11.9.